The Kier molecular flexibility index (Phi) is 7.28. The Hall–Kier alpha value is -3.81. The zero-order valence-electron chi connectivity index (χ0n) is 22.3. The van der Waals surface area contributed by atoms with Crippen LogP contribution in [0.2, 0.25) is 0 Å². The number of carbonyl (C=O) groups is 4. The first-order chi connectivity index (χ1) is 18.5. The molecule has 0 radical (unpaired) electrons. The van der Waals surface area contributed by atoms with Gasteiger partial charge in [0.15, 0.2) is 6.04 Å². The summed E-state index contributed by atoms with van der Waals surface area (Å²) < 4.78 is 39.3. The Morgan fingerprint density at radius 2 is 1.82 bits per heavy atom. The molecule has 0 bridgehead atoms. The van der Waals surface area contributed by atoms with E-state index in [0.29, 0.717) is 10.8 Å². The molecule has 2 heterocycles. The molecule has 4 rings (SSSR count). The third-order valence-corrected chi connectivity index (χ3v) is 8.17. The van der Waals surface area contributed by atoms with E-state index in [4.69, 9.17) is 5.73 Å². The molecule has 1 aromatic carbocycles. The lowest BCUT2D eigenvalue weighted by Gasteiger charge is -2.38. The molecule has 5 atom stereocenters. The summed E-state index contributed by atoms with van der Waals surface area (Å²) in [4.78, 5) is 52.9. The van der Waals surface area contributed by atoms with Crippen LogP contribution in [0.3, 0.4) is 0 Å². The van der Waals surface area contributed by atoms with Crippen molar-refractivity contribution < 1.29 is 37.5 Å². The van der Waals surface area contributed by atoms with E-state index in [9.17, 15) is 37.5 Å². The van der Waals surface area contributed by atoms with Crippen molar-refractivity contribution in [2.45, 2.75) is 52.0 Å². The van der Waals surface area contributed by atoms with E-state index >= 15 is 0 Å². The fraction of sp³-hybridized carbons (Fsp3) is 0.538. The largest absolute Gasteiger partial charge is 0.471 e. The number of alkyl halides is 3. The van der Waals surface area contributed by atoms with Gasteiger partial charge in [0, 0.05) is 22.7 Å². The molecule has 0 spiro atoms. The molecule has 2 unspecified atom stereocenters. The van der Waals surface area contributed by atoms with Crippen LogP contribution in [0, 0.1) is 22.7 Å². The maximum Gasteiger partial charge on any atom is 0.471 e. The van der Waals surface area contributed by atoms with Gasteiger partial charge in [-0.25, -0.2) is 0 Å². The summed E-state index contributed by atoms with van der Waals surface area (Å²) in [6.07, 6.45) is -3.80. The molecule has 1 aromatic heterocycles. The molecule has 5 N–H and O–H groups in total. The number of rotatable bonds is 8. The maximum absolute atomic E-state index is 13.8. The van der Waals surface area contributed by atoms with Gasteiger partial charge in [-0.3, -0.25) is 19.2 Å². The van der Waals surface area contributed by atoms with Gasteiger partial charge in [0.1, 0.15) is 17.8 Å². The topological polar surface area (TPSA) is 168 Å². The summed E-state index contributed by atoms with van der Waals surface area (Å²) in [7, 11) is 0. The van der Waals surface area contributed by atoms with Gasteiger partial charge in [-0.05, 0) is 17.3 Å². The number of nitrogens with one attached hydrogen (secondary N) is 2. The molecule has 14 heteroatoms. The Morgan fingerprint density at radius 1 is 1.18 bits per heavy atom. The Morgan fingerprint density at radius 3 is 2.42 bits per heavy atom. The fourth-order valence-electron chi connectivity index (χ4n) is 5.64. The van der Waals surface area contributed by atoms with E-state index in [1.54, 1.807) is 29.6 Å². The highest BCUT2D eigenvalue weighted by molar-refractivity contribution is 5.97. The molecule has 4 amide bonds. The number of piperidine rings is 1. The number of aliphatic hydroxyl groups is 1. The molecular formula is C26H31F3N6O5. The summed E-state index contributed by atoms with van der Waals surface area (Å²) in [5, 5.41) is 23.2. The van der Waals surface area contributed by atoms with E-state index in [-0.39, 0.29) is 29.5 Å². The van der Waals surface area contributed by atoms with E-state index in [1.165, 1.54) is 20.0 Å². The van der Waals surface area contributed by atoms with Gasteiger partial charge < -0.3 is 26.4 Å². The third-order valence-electron chi connectivity index (χ3n) is 8.17. The second kappa shape index (κ2) is 9.98. The first-order valence-electron chi connectivity index (χ1n) is 12.6. The lowest BCUT2D eigenvalue weighted by Crippen LogP contribution is -2.62. The van der Waals surface area contributed by atoms with Gasteiger partial charge in [0.05, 0.1) is 12.8 Å². The highest BCUT2D eigenvalue weighted by Gasteiger charge is 2.70. The molecule has 1 saturated heterocycles. The minimum Gasteiger partial charge on any atom is -0.396 e. The van der Waals surface area contributed by atoms with Crippen molar-refractivity contribution in [1.82, 2.24) is 25.7 Å². The average Bonchev–Trinajstić information content (AvgIpc) is 3.21. The van der Waals surface area contributed by atoms with Crippen LogP contribution in [0.5, 0.6) is 0 Å². The number of nitrogens with two attached hydrogens (primary N) is 1. The number of nitrogens with zero attached hydrogens (tertiary/aromatic N) is 3. The summed E-state index contributed by atoms with van der Waals surface area (Å²) >= 11 is 0. The minimum atomic E-state index is -5.27. The standard InChI is InChI=1S/C26H31F3N6O5/c1-24(2,11-36)19(33-23(40)26(27,28)29)22(39)35-10-14-15(25(14,3)4)18(35)21(38)32-17(20(30)37)16-13-8-6-5-7-12(13)9-31-34-16/h5-9,14-15,17-19,36H,10-11H2,1-4H3,(H2,30,37)(H,32,38)(H,33,40)/t14-,15-,17?,18-,19?/m0/s1. The van der Waals surface area contributed by atoms with E-state index < -0.39 is 60.0 Å². The van der Waals surface area contributed by atoms with Crippen LogP contribution >= 0.6 is 0 Å². The molecule has 1 aliphatic heterocycles. The minimum absolute atomic E-state index is 0.0315. The normalized spacial score (nSPS) is 23.2. The molecule has 1 saturated carbocycles. The number of benzene rings is 1. The molecule has 2 fully saturated rings. The van der Waals surface area contributed by atoms with E-state index in [0.717, 1.165) is 4.90 Å². The zero-order valence-corrected chi connectivity index (χ0v) is 22.3. The Balaban J connectivity index is 1.67. The molecule has 40 heavy (non-hydrogen) atoms. The van der Waals surface area contributed by atoms with Gasteiger partial charge in [0.2, 0.25) is 17.7 Å². The summed E-state index contributed by atoms with van der Waals surface area (Å²) in [6.45, 7) is 5.74. The summed E-state index contributed by atoms with van der Waals surface area (Å²) in [5.74, 6) is -5.53. The summed E-state index contributed by atoms with van der Waals surface area (Å²) in [5.41, 5.74) is 3.85. The predicted octanol–water partition coefficient (Wildman–Crippen LogP) is 0.821. The third kappa shape index (κ3) is 5.07. The van der Waals surface area contributed by atoms with Crippen LogP contribution in [0.1, 0.15) is 39.4 Å². The van der Waals surface area contributed by atoms with Crippen molar-refractivity contribution in [1.29, 1.82) is 0 Å². The SMILES string of the molecule is CC(C)(CO)C(NC(=O)C(F)(F)F)C(=O)N1C[C@H]2[C@@H]([C@H]1C(=O)NC(C(N)=O)c1nncc3ccccc13)C2(C)C. The molecule has 2 aliphatic rings. The average molecular weight is 565 g/mol. The van der Waals surface area contributed by atoms with Gasteiger partial charge in [0.25, 0.3) is 0 Å². The lowest BCUT2D eigenvalue weighted by molar-refractivity contribution is -0.176. The van der Waals surface area contributed by atoms with Crippen molar-refractivity contribution in [2.75, 3.05) is 13.2 Å². The van der Waals surface area contributed by atoms with Crippen molar-refractivity contribution in [3.05, 3.63) is 36.2 Å². The molecule has 216 valence electrons. The van der Waals surface area contributed by atoms with Crippen LogP contribution in [0.15, 0.2) is 30.5 Å². The van der Waals surface area contributed by atoms with E-state index in [1.807, 2.05) is 13.8 Å². The smallest absolute Gasteiger partial charge is 0.396 e. The second-order valence-corrected chi connectivity index (χ2v) is 11.6. The molecule has 11 nitrogen and oxygen atoms in total. The predicted molar refractivity (Wildman–Crippen MR) is 135 cm³/mol. The quantitative estimate of drug-likeness (QED) is 0.368. The van der Waals surface area contributed by atoms with Crippen LogP contribution in [-0.2, 0) is 19.2 Å². The van der Waals surface area contributed by atoms with Crippen molar-refractivity contribution in [2.24, 2.45) is 28.4 Å². The number of carbonyl (C=O) groups excluding carboxylic acids is 4. The van der Waals surface area contributed by atoms with Crippen molar-refractivity contribution >= 4 is 34.4 Å². The first kappa shape index (κ1) is 29.2. The summed E-state index contributed by atoms with van der Waals surface area (Å²) in [6, 6.07) is 2.48. The van der Waals surface area contributed by atoms with Crippen LogP contribution in [0.25, 0.3) is 10.8 Å². The highest BCUT2D eigenvalue weighted by Crippen LogP contribution is 2.65. The zero-order chi connectivity index (χ0) is 29.8. The number of hydrogen-bond donors (Lipinski definition) is 4. The number of amides is 4. The fourth-order valence-corrected chi connectivity index (χ4v) is 5.64. The number of primary amides is 1. The maximum atomic E-state index is 13.8. The second-order valence-electron chi connectivity index (χ2n) is 11.6. The highest BCUT2D eigenvalue weighted by atomic mass is 19.4. The van der Waals surface area contributed by atoms with Gasteiger partial charge in [-0.1, -0.05) is 52.0 Å². The Bertz CT molecular complexity index is 1360. The van der Waals surface area contributed by atoms with Gasteiger partial charge in [-0.15, -0.1) is 0 Å². The number of aromatic nitrogens is 2. The molecule has 1 aliphatic carbocycles. The van der Waals surface area contributed by atoms with Crippen LogP contribution < -0.4 is 16.4 Å². The monoisotopic (exact) mass is 564 g/mol. The number of halogens is 3. The number of hydrogen-bond acceptors (Lipinski definition) is 7. The first-order valence-corrected chi connectivity index (χ1v) is 12.6. The van der Waals surface area contributed by atoms with Gasteiger partial charge >= 0.3 is 12.1 Å². The molecular weight excluding hydrogens is 533 g/mol. The molecule has 2 aromatic rings. The number of likely N-dealkylation sites (tertiary alicyclic amines) is 1. The van der Waals surface area contributed by atoms with Crippen molar-refractivity contribution in [3.8, 4) is 0 Å². The Labute approximate surface area is 227 Å². The van der Waals surface area contributed by atoms with Crippen LogP contribution in [0.4, 0.5) is 13.2 Å². The van der Waals surface area contributed by atoms with Crippen LogP contribution in [-0.4, -0.2) is 75.2 Å². The lowest BCUT2D eigenvalue weighted by atomic mass is 9.83. The van der Waals surface area contributed by atoms with Gasteiger partial charge in [-0.2, -0.15) is 23.4 Å². The van der Waals surface area contributed by atoms with Crippen molar-refractivity contribution in [3.63, 3.8) is 0 Å². The number of aliphatic hydroxyl groups excluding tert-OH is 1. The van der Waals surface area contributed by atoms with E-state index in [2.05, 4.69) is 15.5 Å². The number of fused-ring (bicyclic) bond motifs is 2.